The fourth-order valence-electron chi connectivity index (χ4n) is 1.01. The van der Waals surface area contributed by atoms with E-state index in [2.05, 4.69) is 0 Å². The number of hydrogen-bond acceptors (Lipinski definition) is 3. The molecular weight excluding hydrogens is 314 g/mol. The van der Waals surface area contributed by atoms with E-state index in [1.165, 1.54) is 5.32 Å². The second-order valence-corrected chi connectivity index (χ2v) is 5.91. The predicted octanol–water partition coefficient (Wildman–Crippen LogP) is 2.45. The molecule has 0 aromatic heterocycles. The Bertz CT molecular complexity index is 574. The maximum Gasteiger partial charge on any atom is 0.383 e. The van der Waals surface area contributed by atoms with Crippen molar-refractivity contribution >= 4 is 31.3 Å². The molecule has 1 amide bonds. The molecule has 1 aromatic carbocycles. The van der Waals surface area contributed by atoms with Gasteiger partial charge in [-0.15, -0.1) is 0 Å². The van der Waals surface area contributed by atoms with Gasteiger partial charge in [0, 0.05) is 16.4 Å². The van der Waals surface area contributed by atoms with Gasteiger partial charge in [0.05, 0.1) is 4.90 Å². The molecule has 0 aliphatic heterocycles. The van der Waals surface area contributed by atoms with Gasteiger partial charge in [0.25, 0.3) is 9.05 Å². The Balaban J connectivity index is 2.88. The Morgan fingerprint density at radius 1 is 1.21 bits per heavy atom. The zero-order chi connectivity index (χ0) is 14.8. The summed E-state index contributed by atoms with van der Waals surface area (Å²) in [6.07, 6.45) is -4.14. The summed E-state index contributed by atoms with van der Waals surface area (Å²) in [6.45, 7) is 0. The van der Waals surface area contributed by atoms with Crippen LogP contribution < -0.4 is 5.32 Å². The van der Waals surface area contributed by atoms with Crippen LogP contribution in [0.2, 0.25) is 0 Å². The molecule has 1 N–H and O–H groups in total. The molecule has 4 nitrogen and oxygen atoms in total. The smallest absolute Gasteiger partial charge is 0.321 e. The molecule has 0 radical (unpaired) electrons. The molecule has 0 saturated carbocycles. The van der Waals surface area contributed by atoms with Crippen molar-refractivity contribution in [3.63, 3.8) is 0 Å². The first-order valence-corrected chi connectivity index (χ1v) is 6.88. The number of amides is 1. The molecule has 0 spiro atoms. The second-order valence-electron chi connectivity index (χ2n) is 3.34. The number of carbonyl (C=O) groups excluding carboxylic acids is 1. The monoisotopic (exact) mass is 319 g/mol. The highest BCUT2D eigenvalue weighted by molar-refractivity contribution is 8.13. The summed E-state index contributed by atoms with van der Waals surface area (Å²) in [5.41, 5.74) is -0.269. The van der Waals surface area contributed by atoms with Crippen LogP contribution in [0.4, 0.5) is 23.2 Å². The molecular formula is C9H6ClF4NO3S. The van der Waals surface area contributed by atoms with Crippen molar-refractivity contribution in [3.05, 3.63) is 24.3 Å². The molecule has 0 heterocycles. The van der Waals surface area contributed by atoms with Crippen LogP contribution in [0, 0.1) is 0 Å². The van der Waals surface area contributed by atoms with Gasteiger partial charge in [-0.1, -0.05) is 0 Å². The Kier molecular flexibility index (Phi) is 4.41. The van der Waals surface area contributed by atoms with Crippen LogP contribution in [0.5, 0.6) is 0 Å². The maximum absolute atomic E-state index is 12.6. The van der Waals surface area contributed by atoms with Gasteiger partial charge in [0.2, 0.25) is 0 Å². The lowest BCUT2D eigenvalue weighted by molar-refractivity contribution is -0.163. The van der Waals surface area contributed by atoms with Gasteiger partial charge in [-0.2, -0.15) is 8.78 Å². The van der Waals surface area contributed by atoms with Crippen molar-refractivity contribution in [3.8, 4) is 0 Å². The van der Waals surface area contributed by atoms with E-state index in [0.29, 0.717) is 0 Å². The number of carbonyl (C=O) groups is 1. The summed E-state index contributed by atoms with van der Waals surface area (Å²) < 4.78 is 70.7. The molecule has 0 aliphatic rings. The Morgan fingerprint density at radius 2 is 1.68 bits per heavy atom. The number of anilines is 1. The first-order chi connectivity index (χ1) is 8.55. The number of rotatable bonds is 4. The summed E-state index contributed by atoms with van der Waals surface area (Å²) in [6, 6.07) is 3.74. The van der Waals surface area contributed by atoms with E-state index in [0.717, 1.165) is 24.3 Å². The standard InChI is InChI=1S/C9H6ClF4NO3S/c10-19(17,18)6-3-1-5(2-4-6)15-8(16)9(13,14)7(11)12/h1-4,7H,(H,15,16). The van der Waals surface area contributed by atoms with Crippen molar-refractivity contribution in [2.24, 2.45) is 0 Å². The Labute approximate surface area is 109 Å². The SMILES string of the molecule is O=C(Nc1ccc(S(=O)(=O)Cl)cc1)C(F)(F)C(F)F. The normalized spacial score (nSPS) is 12.5. The van der Waals surface area contributed by atoms with Crippen LogP contribution in [-0.4, -0.2) is 26.7 Å². The Hall–Kier alpha value is -1.35. The summed E-state index contributed by atoms with van der Waals surface area (Å²) >= 11 is 0. The van der Waals surface area contributed by atoms with Crippen LogP contribution in [0.1, 0.15) is 0 Å². The van der Waals surface area contributed by atoms with Crippen molar-refractivity contribution in [1.82, 2.24) is 0 Å². The van der Waals surface area contributed by atoms with Crippen LogP contribution >= 0.6 is 10.7 Å². The number of alkyl halides is 4. The molecule has 10 heteroatoms. The summed E-state index contributed by atoms with van der Waals surface area (Å²) in [4.78, 5) is 10.5. The zero-order valence-electron chi connectivity index (χ0n) is 8.91. The fourth-order valence-corrected chi connectivity index (χ4v) is 1.78. The molecule has 0 bridgehead atoms. The molecule has 0 aliphatic carbocycles. The third-order valence-corrected chi connectivity index (χ3v) is 3.34. The summed E-state index contributed by atoms with van der Waals surface area (Å²) in [7, 11) is 0.998. The van der Waals surface area contributed by atoms with Crippen molar-refractivity contribution in [2.45, 2.75) is 17.2 Å². The van der Waals surface area contributed by atoms with E-state index in [4.69, 9.17) is 10.7 Å². The van der Waals surface area contributed by atoms with E-state index in [9.17, 15) is 30.8 Å². The third kappa shape index (κ3) is 3.80. The first kappa shape index (κ1) is 15.7. The average Bonchev–Trinajstić information content (AvgIpc) is 2.28. The number of benzene rings is 1. The van der Waals surface area contributed by atoms with E-state index < -0.39 is 27.3 Å². The highest BCUT2D eigenvalue weighted by atomic mass is 35.7. The van der Waals surface area contributed by atoms with Gasteiger partial charge >= 0.3 is 18.3 Å². The minimum Gasteiger partial charge on any atom is -0.321 e. The van der Waals surface area contributed by atoms with Crippen molar-refractivity contribution in [1.29, 1.82) is 0 Å². The minimum absolute atomic E-state index is 0.269. The Morgan fingerprint density at radius 3 is 2.05 bits per heavy atom. The van der Waals surface area contributed by atoms with Crippen LogP contribution in [0.25, 0.3) is 0 Å². The molecule has 1 aromatic rings. The fraction of sp³-hybridized carbons (Fsp3) is 0.222. The minimum atomic E-state index is -4.84. The van der Waals surface area contributed by atoms with E-state index in [-0.39, 0.29) is 10.6 Å². The molecule has 19 heavy (non-hydrogen) atoms. The van der Waals surface area contributed by atoms with E-state index in [1.807, 2.05) is 0 Å². The summed E-state index contributed by atoms with van der Waals surface area (Å²) in [5.74, 6) is -7.03. The van der Waals surface area contributed by atoms with E-state index >= 15 is 0 Å². The van der Waals surface area contributed by atoms with Crippen LogP contribution in [0.15, 0.2) is 29.2 Å². The lowest BCUT2D eigenvalue weighted by Gasteiger charge is -2.14. The molecule has 106 valence electrons. The second kappa shape index (κ2) is 5.33. The largest absolute Gasteiger partial charge is 0.383 e. The lowest BCUT2D eigenvalue weighted by atomic mass is 10.3. The van der Waals surface area contributed by atoms with E-state index in [1.54, 1.807) is 0 Å². The van der Waals surface area contributed by atoms with Gasteiger partial charge in [0.1, 0.15) is 0 Å². The molecule has 0 unspecified atom stereocenters. The van der Waals surface area contributed by atoms with Gasteiger partial charge in [-0.25, -0.2) is 17.2 Å². The highest BCUT2D eigenvalue weighted by Crippen LogP contribution is 2.25. The molecule has 1 rings (SSSR count). The van der Waals surface area contributed by atoms with Gasteiger partial charge in [0.15, 0.2) is 0 Å². The van der Waals surface area contributed by atoms with Crippen molar-refractivity contribution in [2.75, 3.05) is 5.32 Å². The molecule has 0 fully saturated rings. The zero-order valence-corrected chi connectivity index (χ0v) is 10.5. The number of hydrogen-bond donors (Lipinski definition) is 1. The first-order valence-electron chi connectivity index (χ1n) is 4.57. The van der Waals surface area contributed by atoms with Crippen molar-refractivity contribution < 1.29 is 30.8 Å². The lowest BCUT2D eigenvalue weighted by Crippen LogP contribution is -2.40. The predicted molar refractivity (Wildman–Crippen MR) is 59.1 cm³/mol. The average molecular weight is 320 g/mol. The van der Waals surface area contributed by atoms with Crippen LogP contribution in [-0.2, 0) is 13.8 Å². The van der Waals surface area contributed by atoms with Gasteiger partial charge in [-0.05, 0) is 24.3 Å². The molecule has 0 atom stereocenters. The number of nitrogens with one attached hydrogen (secondary N) is 1. The van der Waals surface area contributed by atoms with Crippen LogP contribution in [0.3, 0.4) is 0 Å². The summed E-state index contributed by atoms with van der Waals surface area (Å²) in [5, 5.41) is 1.54. The van der Waals surface area contributed by atoms with Gasteiger partial charge in [-0.3, -0.25) is 4.79 Å². The van der Waals surface area contributed by atoms with Gasteiger partial charge < -0.3 is 5.32 Å². The topological polar surface area (TPSA) is 63.2 Å². The third-order valence-electron chi connectivity index (χ3n) is 1.97. The number of halogens is 5. The maximum atomic E-state index is 12.6. The molecule has 0 saturated heterocycles. The quantitative estimate of drug-likeness (QED) is 0.685. The highest BCUT2D eigenvalue weighted by Gasteiger charge is 2.48.